The second-order valence-corrected chi connectivity index (χ2v) is 4.67. The summed E-state index contributed by atoms with van der Waals surface area (Å²) in [6, 6.07) is 3.84. The molecule has 1 aliphatic heterocycles. The highest BCUT2D eigenvalue weighted by molar-refractivity contribution is 6.29. The Morgan fingerprint density at radius 1 is 1.59 bits per heavy atom. The lowest BCUT2D eigenvalue weighted by atomic mass is 9.93. The predicted octanol–water partition coefficient (Wildman–Crippen LogP) is 1.37. The van der Waals surface area contributed by atoms with Crippen molar-refractivity contribution in [3.63, 3.8) is 0 Å². The van der Waals surface area contributed by atoms with Gasteiger partial charge in [-0.25, -0.2) is 4.98 Å². The topological polar surface area (TPSA) is 73.9 Å². The largest absolute Gasteiger partial charge is 0.412 e. The fourth-order valence-corrected chi connectivity index (χ4v) is 2.20. The highest BCUT2D eigenvalue weighted by atomic mass is 35.5. The number of nitrogens with zero attached hydrogens (tertiary/aromatic N) is 1. The summed E-state index contributed by atoms with van der Waals surface area (Å²) in [6.07, 6.45) is 1.82. The summed E-state index contributed by atoms with van der Waals surface area (Å²) in [6.45, 7) is 2.85. The molecule has 1 unspecified atom stereocenters. The van der Waals surface area contributed by atoms with Gasteiger partial charge in [-0.3, -0.25) is 0 Å². The molecule has 0 amide bonds. The van der Waals surface area contributed by atoms with Gasteiger partial charge in [0.2, 0.25) is 0 Å². The number of ether oxygens (including phenoxy) is 1. The van der Waals surface area contributed by atoms with Crippen molar-refractivity contribution in [3.8, 4) is 0 Å². The molecule has 0 saturated carbocycles. The molecule has 0 aromatic carbocycles. The first-order chi connectivity index (χ1) is 7.70. The van der Waals surface area contributed by atoms with Gasteiger partial charge in [0, 0.05) is 13.0 Å². The first-order valence-corrected chi connectivity index (χ1v) is 5.95. The minimum Gasteiger partial charge on any atom is -0.412 e. The second-order valence-electron chi connectivity index (χ2n) is 4.28. The van der Waals surface area contributed by atoms with Crippen LogP contribution in [0.1, 0.15) is 24.6 Å². The van der Waals surface area contributed by atoms with Crippen molar-refractivity contribution in [1.82, 2.24) is 4.98 Å². The molecule has 5 heteroatoms. The average molecular weight is 260 g/mol. The third-order valence-corrected chi connectivity index (χ3v) is 3.32. The van der Waals surface area contributed by atoms with Crippen LogP contribution in [0.25, 0.3) is 0 Å². The number of hydrogen-bond acceptors (Lipinski definition) is 3. The van der Waals surface area contributed by atoms with E-state index < -0.39 is 0 Å². The van der Waals surface area contributed by atoms with Crippen LogP contribution in [0.5, 0.6) is 0 Å². The van der Waals surface area contributed by atoms with E-state index >= 15 is 0 Å². The third-order valence-electron chi connectivity index (χ3n) is 3.11. The quantitative estimate of drug-likeness (QED) is 0.833. The number of aliphatic hydroxyl groups excluding tert-OH is 1. The van der Waals surface area contributed by atoms with Crippen molar-refractivity contribution in [2.24, 2.45) is 5.92 Å². The van der Waals surface area contributed by atoms with Crippen LogP contribution in [-0.4, -0.2) is 28.3 Å². The summed E-state index contributed by atoms with van der Waals surface area (Å²) in [5.41, 5.74) is 2.16. The molecule has 3 N–H and O–H groups in total. The summed E-state index contributed by atoms with van der Waals surface area (Å²) in [7, 11) is 0. The summed E-state index contributed by atoms with van der Waals surface area (Å²) in [5, 5.41) is 9.43. The molecule has 1 aromatic heterocycles. The van der Waals surface area contributed by atoms with Crippen LogP contribution in [-0.2, 0) is 17.8 Å². The lowest BCUT2D eigenvalue weighted by Crippen LogP contribution is -2.29. The number of aromatic nitrogens is 1. The molecule has 96 valence electrons. The monoisotopic (exact) mass is 259 g/mol. The Morgan fingerprint density at radius 2 is 2.35 bits per heavy atom. The van der Waals surface area contributed by atoms with E-state index in [1.165, 1.54) is 5.56 Å². The molecule has 2 atom stereocenters. The molecular weight excluding hydrogens is 242 g/mol. The van der Waals surface area contributed by atoms with Crippen molar-refractivity contribution in [3.05, 3.63) is 28.5 Å². The Bertz CT molecular complexity index is 373. The lowest BCUT2D eigenvalue weighted by Gasteiger charge is -2.29. The number of pyridine rings is 1. The third kappa shape index (κ3) is 3.39. The van der Waals surface area contributed by atoms with E-state index in [-0.39, 0.29) is 18.2 Å². The van der Waals surface area contributed by atoms with Gasteiger partial charge in [-0.1, -0.05) is 24.6 Å². The van der Waals surface area contributed by atoms with Gasteiger partial charge in [-0.2, -0.15) is 0 Å². The predicted molar refractivity (Wildman–Crippen MR) is 66.0 cm³/mol. The normalized spacial score (nSPS) is 20.3. The van der Waals surface area contributed by atoms with Crippen molar-refractivity contribution in [2.45, 2.75) is 32.5 Å². The SMILES string of the molecule is CC(CCO)[C@H]1Cc2ccc(Cl)nc2CO1.O. The zero-order valence-electron chi connectivity index (χ0n) is 9.82. The van der Waals surface area contributed by atoms with Gasteiger partial charge in [0.15, 0.2) is 0 Å². The van der Waals surface area contributed by atoms with Gasteiger partial charge in [0.05, 0.1) is 18.4 Å². The molecule has 0 aliphatic carbocycles. The second kappa shape index (κ2) is 6.31. The van der Waals surface area contributed by atoms with Crippen molar-refractivity contribution in [2.75, 3.05) is 6.61 Å². The minimum atomic E-state index is 0. The van der Waals surface area contributed by atoms with Gasteiger partial charge in [0.25, 0.3) is 0 Å². The van der Waals surface area contributed by atoms with Crippen molar-refractivity contribution in [1.29, 1.82) is 0 Å². The van der Waals surface area contributed by atoms with Crippen molar-refractivity contribution < 1.29 is 15.3 Å². The molecule has 1 aliphatic rings. The molecule has 2 rings (SSSR count). The number of hydrogen-bond donors (Lipinski definition) is 1. The number of rotatable bonds is 3. The Kier molecular flexibility index (Phi) is 5.33. The molecule has 1 aromatic rings. The molecule has 0 spiro atoms. The maximum absolute atomic E-state index is 8.91. The molecule has 0 bridgehead atoms. The first-order valence-electron chi connectivity index (χ1n) is 5.57. The zero-order chi connectivity index (χ0) is 11.5. The molecule has 0 radical (unpaired) electrons. The van der Waals surface area contributed by atoms with Crippen LogP contribution in [0.15, 0.2) is 12.1 Å². The maximum Gasteiger partial charge on any atom is 0.129 e. The Labute approximate surface area is 106 Å². The van der Waals surface area contributed by atoms with E-state index in [4.69, 9.17) is 21.4 Å². The van der Waals surface area contributed by atoms with Crippen molar-refractivity contribution >= 4 is 11.6 Å². The van der Waals surface area contributed by atoms with E-state index in [0.717, 1.165) is 18.5 Å². The van der Waals surface area contributed by atoms with Crippen LogP contribution in [0, 0.1) is 5.92 Å². The summed E-state index contributed by atoms with van der Waals surface area (Å²) in [4.78, 5) is 4.24. The number of fused-ring (bicyclic) bond motifs is 1. The van der Waals surface area contributed by atoms with E-state index in [1.54, 1.807) is 0 Å². The fraction of sp³-hybridized carbons (Fsp3) is 0.583. The number of halogens is 1. The summed E-state index contributed by atoms with van der Waals surface area (Å²) < 4.78 is 5.74. The maximum atomic E-state index is 8.91. The molecule has 2 heterocycles. The average Bonchev–Trinajstić information content (AvgIpc) is 2.28. The molecule has 17 heavy (non-hydrogen) atoms. The van der Waals surface area contributed by atoms with Crippen LogP contribution in [0.3, 0.4) is 0 Å². The van der Waals surface area contributed by atoms with Crippen LogP contribution in [0.4, 0.5) is 0 Å². The highest BCUT2D eigenvalue weighted by Gasteiger charge is 2.24. The summed E-state index contributed by atoms with van der Waals surface area (Å²) >= 11 is 5.83. The Morgan fingerprint density at radius 3 is 3.06 bits per heavy atom. The molecular formula is C12H18ClNO3. The van der Waals surface area contributed by atoms with E-state index in [0.29, 0.717) is 17.7 Å². The molecule has 0 saturated heterocycles. The van der Waals surface area contributed by atoms with Gasteiger partial charge in [-0.05, 0) is 24.0 Å². The van der Waals surface area contributed by atoms with Crippen LogP contribution in [0.2, 0.25) is 5.15 Å². The lowest BCUT2D eigenvalue weighted by molar-refractivity contribution is -0.0129. The van der Waals surface area contributed by atoms with Crippen LogP contribution < -0.4 is 0 Å². The number of aliphatic hydroxyl groups is 1. The minimum absolute atomic E-state index is 0. The Hall–Kier alpha value is -0.680. The smallest absolute Gasteiger partial charge is 0.129 e. The van der Waals surface area contributed by atoms with E-state index in [1.807, 2.05) is 12.1 Å². The summed E-state index contributed by atoms with van der Waals surface area (Å²) in [5.74, 6) is 0.369. The highest BCUT2D eigenvalue weighted by Crippen LogP contribution is 2.25. The first kappa shape index (κ1) is 14.4. The van der Waals surface area contributed by atoms with Crippen LogP contribution >= 0.6 is 11.6 Å². The van der Waals surface area contributed by atoms with Gasteiger partial charge in [-0.15, -0.1) is 0 Å². The fourth-order valence-electron chi connectivity index (χ4n) is 2.03. The molecule has 4 nitrogen and oxygen atoms in total. The Balaban J connectivity index is 0.00000144. The van der Waals surface area contributed by atoms with Gasteiger partial charge < -0.3 is 15.3 Å². The molecule has 0 fully saturated rings. The van der Waals surface area contributed by atoms with E-state index in [2.05, 4.69) is 11.9 Å². The van der Waals surface area contributed by atoms with Gasteiger partial charge in [0.1, 0.15) is 5.15 Å². The zero-order valence-corrected chi connectivity index (χ0v) is 10.6. The van der Waals surface area contributed by atoms with Gasteiger partial charge >= 0.3 is 0 Å². The standard InChI is InChI=1S/C12H16ClNO2.H2O/c1-8(4-5-15)11-6-9-2-3-12(13)14-10(9)7-16-11;/h2-3,8,11,15H,4-7H2,1H3;1H2/t8?,11-;/m1./s1. The van der Waals surface area contributed by atoms with E-state index in [9.17, 15) is 0 Å².